The summed E-state index contributed by atoms with van der Waals surface area (Å²) >= 11 is 1.57. The van der Waals surface area contributed by atoms with E-state index < -0.39 is 18.3 Å². The van der Waals surface area contributed by atoms with E-state index in [1.54, 1.807) is 0 Å². The van der Waals surface area contributed by atoms with E-state index in [-0.39, 0.29) is 35.6 Å². The molecule has 0 amide bonds. The molecule has 0 atom stereocenters. The molecule has 0 unspecified atom stereocenters. The van der Waals surface area contributed by atoms with Gasteiger partial charge in [-0.1, -0.05) is 0 Å². The number of fused-ring (bicyclic) bond motifs is 3. The zero-order valence-corrected chi connectivity index (χ0v) is 40.1. The van der Waals surface area contributed by atoms with Gasteiger partial charge in [-0.15, -0.1) is 24.8 Å². The van der Waals surface area contributed by atoms with Crippen LogP contribution in [0, 0.1) is 13.8 Å². The van der Waals surface area contributed by atoms with Crippen molar-refractivity contribution in [1.82, 2.24) is 0 Å². The average Bonchev–Trinajstić information content (AvgIpc) is 3.84. The number of hydrogen-bond donors (Lipinski definition) is 0. The van der Waals surface area contributed by atoms with E-state index in [0.717, 1.165) is 22.0 Å². The van der Waals surface area contributed by atoms with E-state index in [9.17, 15) is 0 Å². The van der Waals surface area contributed by atoms with Crippen LogP contribution in [-0.4, -0.2) is 4.21 Å². The summed E-state index contributed by atoms with van der Waals surface area (Å²) in [5.41, 5.74) is 17.6. The van der Waals surface area contributed by atoms with Gasteiger partial charge in [0.2, 0.25) is 0 Å². The van der Waals surface area contributed by atoms with E-state index >= 15 is 0 Å². The second-order valence-electron chi connectivity index (χ2n) is 18.7. The van der Waals surface area contributed by atoms with Crippen LogP contribution in [0.4, 0.5) is 0 Å². The van der Waals surface area contributed by atoms with Crippen molar-refractivity contribution in [2.24, 2.45) is 0 Å². The molecule has 298 valence electrons. The van der Waals surface area contributed by atoms with Crippen LogP contribution in [0.3, 0.4) is 0 Å². The normalized spacial score (nSPS) is 13.7. The minimum atomic E-state index is -5.03. The molecule has 0 nitrogen and oxygen atoms in total. The van der Waals surface area contributed by atoms with Gasteiger partial charge in [0.1, 0.15) is 0 Å². The molecule has 0 fully saturated rings. The van der Waals surface area contributed by atoms with E-state index in [2.05, 4.69) is 195 Å². The van der Waals surface area contributed by atoms with Crippen LogP contribution in [0.1, 0.15) is 86.9 Å². The molecular formula is C54H57Cl3Zr. The van der Waals surface area contributed by atoms with Gasteiger partial charge < -0.3 is 0 Å². The Morgan fingerprint density at radius 3 is 1.76 bits per heavy atom. The Labute approximate surface area is 365 Å². The first-order valence-corrected chi connectivity index (χ1v) is 27.8. The first kappa shape index (κ1) is 44.0. The molecule has 58 heavy (non-hydrogen) atoms. The monoisotopic (exact) mass is 900 g/mol. The predicted molar refractivity (Wildman–Crippen MR) is 257 cm³/mol. The van der Waals surface area contributed by atoms with Crippen molar-refractivity contribution in [1.29, 1.82) is 0 Å². The Morgan fingerprint density at radius 1 is 0.621 bits per heavy atom. The van der Waals surface area contributed by atoms with Gasteiger partial charge in [0.25, 0.3) is 0 Å². The molecule has 4 heteroatoms. The fourth-order valence-electron chi connectivity index (χ4n) is 10.1. The maximum atomic E-state index is 6.59. The van der Waals surface area contributed by atoms with Gasteiger partial charge in [-0.3, -0.25) is 0 Å². The van der Waals surface area contributed by atoms with Crippen LogP contribution in [0.25, 0.3) is 33.4 Å². The Hall–Kier alpha value is -3.58. The Bertz CT molecular complexity index is 2650. The summed E-state index contributed by atoms with van der Waals surface area (Å²) in [5, 5.41) is 0.764. The van der Waals surface area contributed by atoms with E-state index in [1.807, 2.05) is 0 Å². The number of benzene rings is 6. The number of hydrogen-bond acceptors (Lipinski definition) is 0. The molecule has 0 aromatic heterocycles. The van der Waals surface area contributed by atoms with Gasteiger partial charge in [-0.2, -0.15) is 0 Å². The zero-order chi connectivity index (χ0) is 39.6. The molecule has 0 heterocycles. The third-order valence-electron chi connectivity index (χ3n) is 12.9. The molecule has 0 N–H and O–H groups in total. The van der Waals surface area contributed by atoms with Crippen molar-refractivity contribution in [2.45, 2.75) is 83.2 Å². The first-order chi connectivity index (χ1) is 26.6. The minimum absolute atomic E-state index is 0. The van der Waals surface area contributed by atoms with E-state index in [4.69, 9.17) is 15.8 Å². The maximum absolute atomic E-state index is 6.59. The van der Waals surface area contributed by atoms with E-state index in [0.29, 0.717) is 0 Å². The third kappa shape index (κ3) is 7.34. The molecule has 2 aliphatic carbocycles. The Morgan fingerprint density at radius 2 is 1.19 bits per heavy atom. The van der Waals surface area contributed by atoms with Gasteiger partial charge in [0, 0.05) is 0 Å². The summed E-state index contributed by atoms with van der Waals surface area (Å²) in [5.74, 6) is 0. The number of aryl methyl sites for hydroxylation is 2. The van der Waals surface area contributed by atoms with Crippen molar-refractivity contribution in [3.63, 3.8) is 0 Å². The van der Waals surface area contributed by atoms with Crippen LogP contribution in [-0.2, 0) is 39.7 Å². The summed E-state index contributed by atoms with van der Waals surface area (Å²) < 4.78 is 11.3. The fourth-order valence-corrected chi connectivity index (χ4v) is 26.6. The van der Waals surface area contributed by atoms with Crippen molar-refractivity contribution in [2.75, 3.05) is 0 Å². The predicted octanol–water partition coefficient (Wildman–Crippen LogP) is 14.4. The molecule has 0 aliphatic heterocycles. The molecule has 0 saturated heterocycles. The van der Waals surface area contributed by atoms with Crippen LogP contribution in [0.5, 0.6) is 0 Å². The molecule has 0 radical (unpaired) electrons. The standard InChI is InChI=1S/C35H37.C7H6Cl.C6H5.C5H5.CH2.2ClH.Zr/c1-22-13-9-11-15-26(22)30-18-24-17-25-19-31(27-16-12-10-14-23(27)2)33(35(6,7)8)21-29(25)28(24)20-32(30)34(3,4)5;1-6-2-4-7(8)5-3-6;1-2-4-6-5-3-1;1-2-4-5-3-1;;;;/h9-16,18,20-21H,17H2,1-8H3;2-5H,1H2;1-5H;1-3H,4H2;1H2;2*1H;. The van der Waals surface area contributed by atoms with Gasteiger partial charge in [-0.05, 0) is 0 Å². The molecular weight excluding hydrogens is 846 g/mol. The topological polar surface area (TPSA) is 0 Å². The molecule has 0 bridgehead atoms. The second-order valence-corrected chi connectivity index (χ2v) is 32.6. The summed E-state index contributed by atoms with van der Waals surface area (Å²) in [6.45, 7) is 18.9. The third-order valence-corrected chi connectivity index (χ3v) is 29.4. The quantitative estimate of drug-likeness (QED) is 0.150. The van der Waals surface area contributed by atoms with E-state index in [1.165, 1.54) is 82.1 Å². The van der Waals surface area contributed by atoms with Crippen molar-refractivity contribution < 1.29 is 18.3 Å². The molecule has 2 aliphatic rings. The SMILES string of the molecule is Cl.Cl.[CH2]=[Zr]([CH2]c1ccc(Cl)cc1)([C]1=CC=CC1)([c]1ccccc1)[c]1c2c(cc(C(C)(C)C)c1-c1ccccc1C)-c1cc(C(C)(C)C)c(-c3ccccc3C)cc1C2. The van der Waals surface area contributed by atoms with Gasteiger partial charge in [0.15, 0.2) is 0 Å². The summed E-state index contributed by atoms with van der Waals surface area (Å²) in [6.07, 6.45) is 8.89. The fraction of sp³-hybridized carbons (Fsp3) is 0.241. The molecule has 8 rings (SSSR count). The number of halogens is 3. The molecule has 0 saturated carbocycles. The van der Waals surface area contributed by atoms with Crippen LogP contribution < -0.4 is 6.54 Å². The summed E-state index contributed by atoms with van der Waals surface area (Å²) in [6, 6.07) is 45.9. The first-order valence-electron chi connectivity index (χ1n) is 20.3. The zero-order valence-electron chi connectivity index (χ0n) is 35.3. The van der Waals surface area contributed by atoms with Crippen LogP contribution in [0.15, 0.2) is 143 Å². The van der Waals surface area contributed by atoms with Crippen molar-refractivity contribution in [3.05, 3.63) is 187 Å². The van der Waals surface area contributed by atoms with Crippen LogP contribution in [0.2, 0.25) is 5.02 Å². The molecule has 6 aromatic carbocycles. The molecule has 6 aromatic rings. The van der Waals surface area contributed by atoms with Gasteiger partial charge in [0.05, 0.1) is 0 Å². The van der Waals surface area contributed by atoms with Crippen LogP contribution >= 0.6 is 36.4 Å². The van der Waals surface area contributed by atoms with Gasteiger partial charge >= 0.3 is 344 Å². The number of allylic oxidation sites excluding steroid dienone is 4. The number of rotatable bonds is 7. The van der Waals surface area contributed by atoms with Gasteiger partial charge in [-0.25, -0.2) is 0 Å². The summed E-state index contributed by atoms with van der Waals surface area (Å²) in [7, 11) is 0. The van der Waals surface area contributed by atoms with Crippen molar-refractivity contribution >= 4 is 47.2 Å². The summed E-state index contributed by atoms with van der Waals surface area (Å²) in [4.78, 5) is 0. The Kier molecular flexibility index (Phi) is 12.2. The second kappa shape index (κ2) is 16.1. The Balaban J connectivity index is 0.00000283. The average molecular weight is 904 g/mol. The van der Waals surface area contributed by atoms with Crippen molar-refractivity contribution in [3.8, 4) is 33.4 Å². The molecule has 0 spiro atoms.